The molecule has 0 aromatic heterocycles. The van der Waals surface area contributed by atoms with E-state index in [4.69, 9.17) is 4.74 Å². The fraction of sp³-hybridized carbons (Fsp3) is 0.950. The zero-order valence-corrected chi connectivity index (χ0v) is 19.8. The van der Waals surface area contributed by atoms with Crippen LogP contribution >= 0.6 is 0 Å². The van der Waals surface area contributed by atoms with E-state index < -0.39 is 15.3 Å². The second-order valence-corrected chi connectivity index (χ2v) is 12.0. The lowest BCUT2D eigenvalue weighted by atomic mass is 9.82. The average Bonchev–Trinajstić information content (AvgIpc) is 3.48. The molecule has 1 saturated carbocycles. The molecule has 0 aromatic rings. The number of nitrogens with zero attached hydrogens (tertiary/aromatic N) is 3. The largest absolute Gasteiger partial charge is 0.444 e. The van der Waals surface area contributed by atoms with Gasteiger partial charge in [0, 0.05) is 44.8 Å². The van der Waals surface area contributed by atoms with E-state index in [1.807, 2.05) is 23.9 Å². The maximum absolute atomic E-state index is 13.3. The number of cyclic esters (lactones) is 1. The average molecular weight is 472 g/mol. The number of piperidine rings is 1. The van der Waals surface area contributed by atoms with Gasteiger partial charge in [-0.15, -0.1) is 0 Å². The second kappa shape index (κ2) is 8.97. The third kappa shape index (κ3) is 4.38. The number of rotatable bonds is 5. The Hall–Kier alpha value is -1.02. The summed E-state index contributed by atoms with van der Waals surface area (Å²) in [6.45, 7) is 5.07. The van der Waals surface area contributed by atoms with Crippen LogP contribution in [0.4, 0.5) is 4.79 Å². The summed E-state index contributed by atoms with van der Waals surface area (Å²) < 4.78 is 34.9. The molecule has 4 N–H and O–H groups in total. The molecule has 0 aromatic carbocycles. The fourth-order valence-corrected chi connectivity index (χ4v) is 7.74. The molecule has 12 heteroatoms. The number of hydrogen-bond acceptors (Lipinski definition) is 9. The van der Waals surface area contributed by atoms with E-state index in [1.54, 1.807) is 0 Å². The molecule has 32 heavy (non-hydrogen) atoms. The van der Waals surface area contributed by atoms with Crippen LogP contribution < -0.4 is 20.9 Å². The van der Waals surface area contributed by atoms with Gasteiger partial charge in [-0.25, -0.2) is 28.0 Å². The lowest BCUT2D eigenvalue weighted by Gasteiger charge is -2.39. The van der Waals surface area contributed by atoms with Crippen molar-refractivity contribution >= 4 is 16.1 Å². The molecule has 182 valence electrons. The van der Waals surface area contributed by atoms with Crippen LogP contribution in [0.2, 0.25) is 0 Å². The van der Waals surface area contributed by atoms with Gasteiger partial charge in [0.05, 0.1) is 12.7 Å². The molecule has 5 rings (SSSR count). The van der Waals surface area contributed by atoms with Crippen LogP contribution in [0.25, 0.3) is 0 Å². The Morgan fingerprint density at radius 3 is 2.75 bits per heavy atom. The number of hydrazine groups is 2. The number of likely N-dealkylation sites (N-methyl/N-ethyl adjacent to an activating group) is 1. The van der Waals surface area contributed by atoms with Crippen molar-refractivity contribution in [1.29, 1.82) is 0 Å². The second-order valence-electron chi connectivity index (χ2n) is 10.1. The van der Waals surface area contributed by atoms with E-state index in [-0.39, 0.29) is 36.5 Å². The normalized spacial score (nSPS) is 41.8. The number of sulfonamides is 1. The molecule has 6 unspecified atom stereocenters. The van der Waals surface area contributed by atoms with Crippen LogP contribution in [-0.2, 0) is 14.8 Å². The number of ether oxygens (including phenoxy) is 1. The number of carbonyl (C=O) groups excluding carboxylic acids is 1. The van der Waals surface area contributed by atoms with Crippen molar-refractivity contribution in [3.63, 3.8) is 0 Å². The van der Waals surface area contributed by atoms with Crippen LogP contribution in [-0.4, -0.2) is 105 Å². The summed E-state index contributed by atoms with van der Waals surface area (Å²) >= 11 is 0. The van der Waals surface area contributed by atoms with Crippen LogP contribution in [0.15, 0.2) is 0 Å². The van der Waals surface area contributed by atoms with E-state index >= 15 is 0 Å². The third-order valence-electron chi connectivity index (χ3n) is 7.87. The number of hydrogen-bond donors (Lipinski definition) is 4. The van der Waals surface area contributed by atoms with Gasteiger partial charge >= 0.3 is 6.09 Å². The van der Waals surface area contributed by atoms with Gasteiger partial charge in [-0.2, -0.15) is 0 Å². The smallest absolute Gasteiger partial charge is 0.410 e. The van der Waals surface area contributed by atoms with Crippen molar-refractivity contribution in [2.75, 3.05) is 39.8 Å². The van der Waals surface area contributed by atoms with Crippen molar-refractivity contribution in [3.8, 4) is 0 Å². The highest BCUT2D eigenvalue weighted by Crippen LogP contribution is 2.31. The van der Waals surface area contributed by atoms with Crippen molar-refractivity contribution < 1.29 is 17.9 Å². The SMILES string of the molecule is C[C@@H]1CN(C2CCNC(N3CC(S(=O)(=O)NC4CCCC5CNN(C)C54)CN3)C2)C(=O)O1. The maximum Gasteiger partial charge on any atom is 0.410 e. The van der Waals surface area contributed by atoms with Crippen molar-refractivity contribution in [2.45, 2.75) is 74.7 Å². The molecular formula is C20H37N7O4S. The van der Waals surface area contributed by atoms with Gasteiger partial charge in [0.1, 0.15) is 11.4 Å². The first kappa shape index (κ1) is 22.8. The molecule has 0 radical (unpaired) electrons. The minimum Gasteiger partial charge on any atom is -0.444 e. The van der Waals surface area contributed by atoms with Crippen molar-refractivity contribution in [1.82, 2.24) is 35.8 Å². The Kier molecular flexibility index (Phi) is 6.38. The Morgan fingerprint density at radius 2 is 1.97 bits per heavy atom. The number of amides is 1. The molecule has 7 atom stereocenters. The van der Waals surface area contributed by atoms with Gasteiger partial charge in [-0.3, -0.25) is 10.9 Å². The van der Waals surface area contributed by atoms with Gasteiger partial charge in [0.25, 0.3) is 0 Å². The minimum atomic E-state index is -3.46. The molecule has 0 spiro atoms. The summed E-state index contributed by atoms with van der Waals surface area (Å²) in [6, 6.07) is 0.277. The summed E-state index contributed by atoms with van der Waals surface area (Å²) in [5.41, 5.74) is 6.66. The monoisotopic (exact) mass is 471 g/mol. The third-order valence-corrected chi connectivity index (χ3v) is 9.70. The summed E-state index contributed by atoms with van der Waals surface area (Å²) in [4.78, 5) is 14.0. The first-order valence-corrected chi connectivity index (χ1v) is 13.5. The molecule has 4 heterocycles. The zero-order chi connectivity index (χ0) is 22.5. The molecule has 11 nitrogen and oxygen atoms in total. The molecule has 4 aliphatic heterocycles. The summed E-state index contributed by atoms with van der Waals surface area (Å²) in [7, 11) is -1.45. The van der Waals surface area contributed by atoms with E-state index in [9.17, 15) is 13.2 Å². The van der Waals surface area contributed by atoms with Gasteiger partial charge in [-0.05, 0) is 45.1 Å². The zero-order valence-electron chi connectivity index (χ0n) is 19.0. The van der Waals surface area contributed by atoms with Crippen molar-refractivity contribution in [2.24, 2.45) is 5.92 Å². The quantitative estimate of drug-likeness (QED) is 0.400. The number of nitrogens with one attached hydrogen (secondary N) is 4. The summed E-state index contributed by atoms with van der Waals surface area (Å²) in [6.07, 6.45) is 4.39. The van der Waals surface area contributed by atoms with Crippen LogP contribution in [0.3, 0.4) is 0 Å². The highest BCUT2D eigenvalue weighted by atomic mass is 32.2. The molecule has 5 aliphatic rings. The number of carbonyl (C=O) groups is 1. The Labute approximate surface area is 190 Å². The molecular weight excluding hydrogens is 434 g/mol. The minimum absolute atomic E-state index is 0.0121. The maximum atomic E-state index is 13.3. The van der Waals surface area contributed by atoms with E-state index in [0.717, 1.165) is 45.2 Å². The van der Waals surface area contributed by atoms with Crippen LogP contribution in [0.5, 0.6) is 0 Å². The van der Waals surface area contributed by atoms with Crippen LogP contribution in [0, 0.1) is 5.92 Å². The Bertz CT molecular complexity index is 812. The van der Waals surface area contributed by atoms with E-state index in [1.165, 1.54) is 0 Å². The van der Waals surface area contributed by atoms with Crippen LogP contribution in [0.1, 0.15) is 39.0 Å². The fourth-order valence-electron chi connectivity index (χ4n) is 6.22. The summed E-state index contributed by atoms with van der Waals surface area (Å²) in [5, 5.41) is 7.08. The van der Waals surface area contributed by atoms with Gasteiger partial charge in [0.2, 0.25) is 10.0 Å². The van der Waals surface area contributed by atoms with E-state index in [0.29, 0.717) is 25.6 Å². The predicted molar refractivity (Wildman–Crippen MR) is 119 cm³/mol. The standard InChI is InChI=1S/C20H37N7O4S/c1-13-11-26(20(28)31-13)15-6-7-21-18(8-15)27-12-16(10-23-27)32(29,30)24-17-5-3-4-14-9-22-25(2)19(14)17/h13-19,21-24H,3-12H2,1-2H3/t13-,14?,15?,16?,17?,18?,19?/m1/s1. The first-order valence-electron chi connectivity index (χ1n) is 12.0. The molecule has 5 fully saturated rings. The molecule has 1 amide bonds. The van der Waals surface area contributed by atoms with Gasteiger partial charge in [-0.1, -0.05) is 6.42 Å². The molecule has 0 bridgehead atoms. The van der Waals surface area contributed by atoms with Crippen molar-refractivity contribution in [3.05, 3.63) is 0 Å². The Morgan fingerprint density at radius 1 is 1.12 bits per heavy atom. The topological polar surface area (TPSA) is 118 Å². The van der Waals surface area contributed by atoms with Gasteiger partial charge < -0.3 is 15.0 Å². The molecule has 1 aliphatic carbocycles. The number of fused-ring (bicyclic) bond motifs is 1. The van der Waals surface area contributed by atoms with Gasteiger partial charge in [0.15, 0.2) is 0 Å². The highest BCUT2D eigenvalue weighted by Gasteiger charge is 2.45. The Balaban J connectivity index is 1.19. The predicted octanol–water partition coefficient (Wildman–Crippen LogP) is -0.999. The highest BCUT2D eigenvalue weighted by molar-refractivity contribution is 7.90. The summed E-state index contributed by atoms with van der Waals surface area (Å²) in [5.74, 6) is 0.503. The molecule has 4 saturated heterocycles. The first-order chi connectivity index (χ1) is 15.3. The van der Waals surface area contributed by atoms with E-state index in [2.05, 4.69) is 25.9 Å². The lowest BCUT2D eigenvalue weighted by molar-refractivity contribution is 0.0754. The lowest BCUT2D eigenvalue weighted by Crippen LogP contribution is -2.57.